The summed E-state index contributed by atoms with van der Waals surface area (Å²) < 4.78 is 4.66. The van der Waals surface area contributed by atoms with Gasteiger partial charge in [0, 0.05) is 23.7 Å². The predicted molar refractivity (Wildman–Crippen MR) is 63.1 cm³/mol. The number of hydrogen-bond acceptors (Lipinski definition) is 5. The smallest absolute Gasteiger partial charge is 0.333 e. The molecule has 0 amide bonds. The Balaban J connectivity index is 2.49. The molecule has 1 rings (SSSR count). The highest BCUT2D eigenvalue weighted by Gasteiger charge is 2.05. The first-order valence-corrected chi connectivity index (χ1v) is 5.92. The molecule has 0 fully saturated rings. The van der Waals surface area contributed by atoms with Crippen LogP contribution in [0.1, 0.15) is 13.3 Å². The molecular weight excluding hydrogens is 224 g/mol. The van der Waals surface area contributed by atoms with Gasteiger partial charge in [-0.3, -0.25) is 4.98 Å². The summed E-state index contributed by atoms with van der Waals surface area (Å²) in [6.07, 6.45) is 7.51. The molecule has 0 atom stereocenters. The van der Waals surface area contributed by atoms with Gasteiger partial charge in [0.2, 0.25) is 0 Å². The van der Waals surface area contributed by atoms with E-state index in [1.165, 1.54) is 18.9 Å². The lowest BCUT2D eigenvalue weighted by molar-refractivity contribution is -0.136. The lowest BCUT2D eigenvalue weighted by Gasteiger charge is -2.01. The van der Waals surface area contributed by atoms with E-state index < -0.39 is 0 Å². The number of aromatic nitrogens is 2. The number of methoxy groups -OCH3 is 1. The summed E-state index contributed by atoms with van der Waals surface area (Å²) >= 11 is 1.53. The molecule has 0 saturated carbocycles. The zero-order valence-corrected chi connectivity index (χ0v) is 10.2. The molecule has 86 valence electrons. The van der Waals surface area contributed by atoms with Crippen molar-refractivity contribution in [1.82, 2.24) is 9.97 Å². The Bertz CT molecular complexity index is 366. The van der Waals surface area contributed by atoms with Gasteiger partial charge in [-0.2, -0.15) is 0 Å². The van der Waals surface area contributed by atoms with Gasteiger partial charge in [-0.25, -0.2) is 9.78 Å². The van der Waals surface area contributed by atoms with Crippen LogP contribution < -0.4 is 0 Å². The Morgan fingerprint density at radius 1 is 1.56 bits per heavy atom. The summed E-state index contributed by atoms with van der Waals surface area (Å²) in [5, 5.41) is 0.846. The van der Waals surface area contributed by atoms with E-state index >= 15 is 0 Å². The van der Waals surface area contributed by atoms with Gasteiger partial charge < -0.3 is 4.74 Å². The third-order valence-electron chi connectivity index (χ3n) is 1.93. The van der Waals surface area contributed by atoms with Crippen LogP contribution in [0.25, 0.3) is 0 Å². The van der Waals surface area contributed by atoms with Crippen LogP contribution in [0.15, 0.2) is 35.3 Å². The average Bonchev–Trinajstić information content (AvgIpc) is 2.35. The highest BCUT2D eigenvalue weighted by Crippen LogP contribution is 2.14. The molecule has 1 aromatic heterocycles. The first-order valence-electron chi connectivity index (χ1n) is 4.94. The first-order chi connectivity index (χ1) is 7.77. The number of rotatable bonds is 5. The third kappa shape index (κ3) is 4.02. The molecule has 0 aliphatic heterocycles. The molecule has 0 N–H and O–H groups in total. The molecular formula is C11H14N2O2S. The summed E-state index contributed by atoms with van der Waals surface area (Å²) in [4.78, 5) is 19.3. The van der Waals surface area contributed by atoms with Gasteiger partial charge in [0.15, 0.2) is 0 Å². The lowest BCUT2D eigenvalue weighted by Crippen LogP contribution is -2.04. The van der Waals surface area contributed by atoms with Gasteiger partial charge in [-0.1, -0.05) is 13.0 Å². The maximum absolute atomic E-state index is 11.3. The van der Waals surface area contributed by atoms with Crippen LogP contribution in [0.2, 0.25) is 0 Å². The first kappa shape index (κ1) is 12.7. The van der Waals surface area contributed by atoms with Crippen LogP contribution in [0.3, 0.4) is 0 Å². The van der Waals surface area contributed by atoms with E-state index in [0.717, 1.165) is 5.03 Å². The fourth-order valence-electron chi connectivity index (χ4n) is 1.09. The van der Waals surface area contributed by atoms with E-state index in [2.05, 4.69) is 14.7 Å². The van der Waals surface area contributed by atoms with Crippen LogP contribution in [0.5, 0.6) is 0 Å². The Morgan fingerprint density at radius 3 is 2.94 bits per heavy atom. The molecule has 0 spiro atoms. The SMILES string of the molecule is CCC(=CCSc1cnccn1)C(=O)OC. The Morgan fingerprint density at radius 2 is 2.38 bits per heavy atom. The second kappa shape index (κ2) is 7.00. The molecule has 1 aromatic rings. The van der Waals surface area contributed by atoms with E-state index in [1.54, 1.807) is 18.6 Å². The van der Waals surface area contributed by atoms with Crippen LogP contribution in [-0.2, 0) is 9.53 Å². The number of ether oxygens (including phenoxy) is 1. The van der Waals surface area contributed by atoms with E-state index in [0.29, 0.717) is 17.7 Å². The van der Waals surface area contributed by atoms with Crippen molar-refractivity contribution in [3.8, 4) is 0 Å². The minimum absolute atomic E-state index is 0.262. The molecule has 0 bridgehead atoms. The minimum atomic E-state index is -0.262. The molecule has 16 heavy (non-hydrogen) atoms. The van der Waals surface area contributed by atoms with Gasteiger partial charge in [0.25, 0.3) is 0 Å². The number of thioether (sulfide) groups is 1. The molecule has 0 radical (unpaired) electrons. The molecule has 5 heteroatoms. The monoisotopic (exact) mass is 238 g/mol. The van der Waals surface area contributed by atoms with Gasteiger partial charge in [0.1, 0.15) is 5.03 Å². The molecule has 0 aliphatic carbocycles. The van der Waals surface area contributed by atoms with Gasteiger partial charge in [-0.05, 0) is 6.42 Å². The summed E-state index contributed by atoms with van der Waals surface area (Å²) in [6, 6.07) is 0. The Kier molecular flexibility index (Phi) is 5.56. The molecule has 0 aliphatic rings. The third-order valence-corrected chi connectivity index (χ3v) is 2.77. The topological polar surface area (TPSA) is 52.1 Å². The number of esters is 1. The molecule has 0 saturated heterocycles. The summed E-state index contributed by atoms with van der Waals surface area (Å²) in [5.74, 6) is 0.430. The van der Waals surface area contributed by atoms with E-state index in [1.807, 2.05) is 13.0 Å². The van der Waals surface area contributed by atoms with Crippen molar-refractivity contribution in [3.05, 3.63) is 30.2 Å². The summed E-state index contributed by atoms with van der Waals surface area (Å²) in [5.41, 5.74) is 0.693. The fourth-order valence-corrected chi connectivity index (χ4v) is 1.82. The van der Waals surface area contributed by atoms with Gasteiger partial charge in [0.05, 0.1) is 13.3 Å². The van der Waals surface area contributed by atoms with Crippen molar-refractivity contribution in [3.63, 3.8) is 0 Å². The highest BCUT2D eigenvalue weighted by atomic mass is 32.2. The maximum Gasteiger partial charge on any atom is 0.333 e. The zero-order chi connectivity index (χ0) is 11.8. The number of carbonyl (C=O) groups is 1. The van der Waals surface area contributed by atoms with Crippen LogP contribution in [-0.4, -0.2) is 28.8 Å². The van der Waals surface area contributed by atoms with E-state index in [4.69, 9.17) is 0 Å². The quantitative estimate of drug-likeness (QED) is 0.446. The number of nitrogens with zero attached hydrogens (tertiary/aromatic N) is 2. The summed E-state index contributed by atoms with van der Waals surface area (Å²) in [7, 11) is 1.39. The lowest BCUT2D eigenvalue weighted by atomic mass is 10.2. The van der Waals surface area contributed by atoms with Crippen molar-refractivity contribution in [2.75, 3.05) is 12.9 Å². The average molecular weight is 238 g/mol. The van der Waals surface area contributed by atoms with Crippen LogP contribution in [0.4, 0.5) is 0 Å². The van der Waals surface area contributed by atoms with E-state index in [9.17, 15) is 4.79 Å². The Labute approximate surface area is 99.1 Å². The minimum Gasteiger partial charge on any atom is -0.466 e. The van der Waals surface area contributed by atoms with Crippen molar-refractivity contribution >= 4 is 17.7 Å². The Hall–Kier alpha value is -1.36. The van der Waals surface area contributed by atoms with Gasteiger partial charge >= 0.3 is 5.97 Å². The fraction of sp³-hybridized carbons (Fsp3) is 0.364. The van der Waals surface area contributed by atoms with Gasteiger partial charge in [-0.15, -0.1) is 11.8 Å². The van der Waals surface area contributed by atoms with Crippen molar-refractivity contribution in [1.29, 1.82) is 0 Å². The van der Waals surface area contributed by atoms with Crippen molar-refractivity contribution in [2.45, 2.75) is 18.4 Å². The largest absolute Gasteiger partial charge is 0.466 e. The maximum atomic E-state index is 11.3. The van der Waals surface area contributed by atoms with Crippen LogP contribution in [0, 0.1) is 0 Å². The molecule has 0 unspecified atom stereocenters. The number of carbonyl (C=O) groups excluding carboxylic acids is 1. The normalized spacial score (nSPS) is 11.2. The molecule has 0 aromatic carbocycles. The van der Waals surface area contributed by atoms with E-state index in [-0.39, 0.29) is 5.97 Å². The molecule has 4 nitrogen and oxygen atoms in total. The zero-order valence-electron chi connectivity index (χ0n) is 9.34. The number of hydrogen-bond donors (Lipinski definition) is 0. The predicted octanol–water partition coefficient (Wildman–Crippen LogP) is 2.08. The van der Waals surface area contributed by atoms with Crippen molar-refractivity contribution in [2.24, 2.45) is 0 Å². The molecule has 1 heterocycles. The summed E-state index contributed by atoms with van der Waals surface area (Å²) in [6.45, 7) is 1.93. The second-order valence-corrected chi connectivity index (χ2v) is 3.97. The van der Waals surface area contributed by atoms with Crippen molar-refractivity contribution < 1.29 is 9.53 Å². The second-order valence-electron chi connectivity index (χ2n) is 2.93. The standard InChI is InChI=1S/C11H14N2O2S/c1-3-9(11(14)15-2)4-7-16-10-8-12-5-6-13-10/h4-6,8H,3,7H2,1-2H3. The van der Waals surface area contributed by atoms with Crippen LogP contribution >= 0.6 is 11.8 Å². The highest BCUT2D eigenvalue weighted by molar-refractivity contribution is 7.99.